The van der Waals surface area contributed by atoms with Crippen LogP contribution in [0.15, 0.2) is 24.4 Å². The zero-order chi connectivity index (χ0) is 19.6. The van der Waals surface area contributed by atoms with Crippen molar-refractivity contribution in [2.75, 3.05) is 6.54 Å². The molecule has 0 radical (unpaired) electrons. The van der Waals surface area contributed by atoms with Gasteiger partial charge in [-0.05, 0) is 32.9 Å². The summed E-state index contributed by atoms with van der Waals surface area (Å²) in [6.45, 7) is 6.66. The van der Waals surface area contributed by atoms with Gasteiger partial charge in [0.25, 0.3) is 5.91 Å². The van der Waals surface area contributed by atoms with Crippen molar-refractivity contribution >= 4 is 12.0 Å². The zero-order valence-electron chi connectivity index (χ0n) is 16.2. The first kappa shape index (κ1) is 18.9. The molecule has 3 rings (SSSR count). The number of hydrogen-bond acceptors (Lipinski definition) is 5. The van der Waals surface area contributed by atoms with Crippen LogP contribution in [-0.2, 0) is 31.3 Å². The van der Waals surface area contributed by atoms with Crippen LogP contribution in [0.1, 0.15) is 48.2 Å². The largest absolute Gasteiger partial charge is 0.444 e. The second kappa shape index (κ2) is 7.38. The summed E-state index contributed by atoms with van der Waals surface area (Å²) < 4.78 is 7.04. The molecule has 3 heterocycles. The van der Waals surface area contributed by atoms with E-state index in [9.17, 15) is 9.59 Å². The van der Waals surface area contributed by atoms with E-state index in [0.717, 1.165) is 17.0 Å². The molecule has 0 atom stereocenters. The molecular weight excluding hydrogens is 346 g/mol. The molecule has 0 saturated carbocycles. The number of nitrogens with one attached hydrogen (secondary N) is 1. The molecule has 1 aliphatic heterocycles. The third kappa shape index (κ3) is 4.45. The fourth-order valence-electron chi connectivity index (χ4n) is 3.02. The number of amides is 2. The average molecular weight is 371 g/mol. The molecular formula is C19H25N5O3. The molecule has 2 aromatic heterocycles. The molecule has 0 unspecified atom stereocenters. The monoisotopic (exact) mass is 371 g/mol. The Bertz CT molecular complexity index is 839. The Morgan fingerprint density at radius 3 is 2.74 bits per heavy atom. The van der Waals surface area contributed by atoms with Crippen LogP contribution in [0.25, 0.3) is 0 Å². The van der Waals surface area contributed by atoms with E-state index in [-0.39, 0.29) is 12.0 Å². The van der Waals surface area contributed by atoms with Gasteiger partial charge in [0.05, 0.1) is 24.5 Å². The lowest BCUT2D eigenvalue weighted by Crippen LogP contribution is -2.40. The van der Waals surface area contributed by atoms with E-state index in [4.69, 9.17) is 4.74 Å². The van der Waals surface area contributed by atoms with Crippen LogP contribution in [0, 0.1) is 0 Å². The normalized spacial score (nSPS) is 13.9. The summed E-state index contributed by atoms with van der Waals surface area (Å²) >= 11 is 0. The van der Waals surface area contributed by atoms with E-state index in [0.29, 0.717) is 31.7 Å². The predicted molar refractivity (Wildman–Crippen MR) is 99.0 cm³/mol. The summed E-state index contributed by atoms with van der Waals surface area (Å²) in [5, 5.41) is 7.33. The topological polar surface area (TPSA) is 89.4 Å². The van der Waals surface area contributed by atoms with Crippen LogP contribution >= 0.6 is 0 Å². The highest BCUT2D eigenvalue weighted by Gasteiger charge is 2.31. The second-order valence-corrected chi connectivity index (χ2v) is 7.55. The highest BCUT2D eigenvalue weighted by Crippen LogP contribution is 2.23. The third-order valence-corrected chi connectivity index (χ3v) is 4.22. The Hall–Kier alpha value is -2.90. The Labute approximate surface area is 158 Å². The number of aryl methyl sites for hydroxylation is 1. The van der Waals surface area contributed by atoms with E-state index >= 15 is 0 Å². The summed E-state index contributed by atoms with van der Waals surface area (Å²) in [5.41, 5.74) is 2.30. The molecule has 0 aliphatic carbocycles. The van der Waals surface area contributed by atoms with E-state index in [2.05, 4.69) is 15.4 Å². The van der Waals surface area contributed by atoms with Gasteiger partial charge in [-0.15, -0.1) is 0 Å². The number of hydrogen-bond donors (Lipinski definition) is 1. The number of fused-ring (bicyclic) bond motifs is 1. The quantitative estimate of drug-likeness (QED) is 0.892. The lowest BCUT2D eigenvalue weighted by Gasteiger charge is -2.29. The standard InChI is InChI=1S/C19H25N5O3/c1-19(2,3)27-18(26)24-10-8-15-14(12-24)16(23(4)22-15)17(25)21-11-13-7-5-6-9-20-13/h5-7,9H,8,10-12H2,1-4H3,(H,21,25). The molecule has 144 valence electrons. The molecule has 8 nitrogen and oxygen atoms in total. The molecule has 0 fully saturated rings. The van der Waals surface area contributed by atoms with Gasteiger partial charge in [-0.1, -0.05) is 6.07 Å². The Morgan fingerprint density at radius 2 is 2.07 bits per heavy atom. The van der Waals surface area contributed by atoms with Gasteiger partial charge >= 0.3 is 6.09 Å². The van der Waals surface area contributed by atoms with Crippen molar-refractivity contribution < 1.29 is 14.3 Å². The van der Waals surface area contributed by atoms with Crippen molar-refractivity contribution in [2.24, 2.45) is 7.05 Å². The van der Waals surface area contributed by atoms with Crippen molar-refractivity contribution in [3.05, 3.63) is 47.0 Å². The van der Waals surface area contributed by atoms with Gasteiger partial charge in [-0.2, -0.15) is 5.10 Å². The minimum absolute atomic E-state index is 0.233. The van der Waals surface area contributed by atoms with Gasteiger partial charge in [-0.25, -0.2) is 4.79 Å². The number of ether oxygens (including phenoxy) is 1. The van der Waals surface area contributed by atoms with E-state index in [1.165, 1.54) is 0 Å². The Kier molecular flexibility index (Phi) is 5.16. The Morgan fingerprint density at radius 1 is 1.30 bits per heavy atom. The van der Waals surface area contributed by atoms with Gasteiger partial charge in [0, 0.05) is 31.8 Å². The molecule has 27 heavy (non-hydrogen) atoms. The molecule has 1 N–H and O–H groups in total. The van der Waals surface area contributed by atoms with Crippen molar-refractivity contribution in [3.8, 4) is 0 Å². The van der Waals surface area contributed by atoms with E-state index < -0.39 is 5.60 Å². The first-order chi connectivity index (χ1) is 12.7. The maximum absolute atomic E-state index is 12.7. The second-order valence-electron chi connectivity index (χ2n) is 7.55. The van der Waals surface area contributed by atoms with Gasteiger partial charge in [-0.3, -0.25) is 14.5 Å². The lowest BCUT2D eigenvalue weighted by molar-refractivity contribution is 0.0222. The minimum atomic E-state index is -0.560. The fourth-order valence-corrected chi connectivity index (χ4v) is 3.02. The number of carbonyl (C=O) groups is 2. The number of rotatable bonds is 3. The minimum Gasteiger partial charge on any atom is -0.444 e. The number of aromatic nitrogens is 3. The molecule has 2 amide bonds. The molecule has 8 heteroatoms. The predicted octanol–water partition coefficient (Wildman–Crippen LogP) is 2.04. The van der Waals surface area contributed by atoms with Crippen molar-refractivity contribution in [3.63, 3.8) is 0 Å². The highest BCUT2D eigenvalue weighted by molar-refractivity contribution is 5.94. The van der Waals surface area contributed by atoms with Gasteiger partial charge in [0.2, 0.25) is 0 Å². The van der Waals surface area contributed by atoms with Gasteiger partial charge in [0.1, 0.15) is 11.3 Å². The maximum atomic E-state index is 12.7. The molecule has 0 spiro atoms. The summed E-state index contributed by atoms with van der Waals surface area (Å²) in [6.07, 6.45) is 1.90. The van der Waals surface area contributed by atoms with Gasteiger partial charge in [0.15, 0.2) is 0 Å². The SMILES string of the molecule is Cn1nc2c(c1C(=O)NCc1ccccn1)CN(C(=O)OC(C)(C)C)CC2. The molecule has 0 bridgehead atoms. The molecule has 2 aromatic rings. The number of carbonyl (C=O) groups excluding carboxylic acids is 2. The van der Waals surface area contributed by atoms with Crippen LogP contribution in [0.4, 0.5) is 4.79 Å². The number of nitrogens with zero attached hydrogens (tertiary/aromatic N) is 4. The average Bonchev–Trinajstić information content (AvgIpc) is 2.94. The first-order valence-electron chi connectivity index (χ1n) is 8.95. The van der Waals surface area contributed by atoms with Crippen LogP contribution in [0.5, 0.6) is 0 Å². The van der Waals surface area contributed by atoms with Crippen LogP contribution in [0.2, 0.25) is 0 Å². The molecule has 1 aliphatic rings. The van der Waals surface area contributed by atoms with E-state index in [1.807, 2.05) is 39.0 Å². The lowest BCUT2D eigenvalue weighted by atomic mass is 10.1. The van der Waals surface area contributed by atoms with E-state index in [1.54, 1.807) is 22.8 Å². The summed E-state index contributed by atoms with van der Waals surface area (Å²) in [5.74, 6) is -0.233. The van der Waals surface area contributed by atoms with Crippen LogP contribution < -0.4 is 5.32 Å². The Balaban J connectivity index is 1.74. The molecule has 0 aromatic carbocycles. The van der Waals surface area contributed by atoms with Crippen LogP contribution in [-0.4, -0.2) is 43.8 Å². The summed E-state index contributed by atoms with van der Waals surface area (Å²) in [4.78, 5) is 31.0. The zero-order valence-corrected chi connectivity index (χ0v) is 16.2. The fraction of sp³-hybridized carbons (Fsp3) is 0.474. The third-order valence-electron chi connectivity index (χ3n) is 4.22. The van der Waals surface area contributed by atoms with Crippen molar-refractivity contribution in [1.82, 2.24) is 25.0 Å². The summed E-state index contributed by atoms with van der Waals surface area (Å²) in [6, 6.07) is 5.55. The number of pyridine rings is 1. The summed E-state index contributed by atoms with van der Waals surface area (Å²) in [7, 11) is 1.74. The first-order valence-corrected chi connectivity index (χ1v) is 8.95. The smallest absolute Gasteiger partial charge is 0.410 e. The van der Waals surface area contributed by atoms with Crippen molar-refractivity contribution in [1.29, 1.82) is 0 Å². The highest BCUT2D eigenvalue weighted by atomic mass is 16.6. The van der Waals surface area contributed by atoms with Crippen LogP contribution in [0.3, 0.4) is 0 Å². The van der Waals surface area contributed by atoms with Gasteiger partial charge < -0.3 is 15.0 Å². The van der Waals surface area contributed by atoms with Crippen molar-refractivity contribution in [2.45, 2.75) is 45.9 Å². The maximum Gasteiger partial charge on any atom is 0.410 e. The molecule has 0 saturated heterocycles.